The van der Waals surface area contributed by atoms with E-state index in [0.717, 1.165) is 42.1 Å². The number of fused-ring (bicyclic) bond motifs is 1. The van der Waals surface area contributed by atoms with Gasteiger partial charge in [0.15, 0.2) is 11.5 Å². The number of rotatable bonds is 7. The van der Waals surface area contributed by atoms with E-state index in [2.05, 4.69) is 23.6 Å². The van der Waals surface area contributed by atoms with E-state index < -0.39 is 0 Å². The summed E-state index contributed by atoms with van der Waals surface area (Å²) in [5.41, 5.74) is 7.67. The van der Waals surface area contributed by atoms with Crippen molar-refractivity contribution in [3.8, 4) is 11.5 Å². The van der Waals surface area contributed by atoms with Crippen LogP contribution in [0.4, 0.5) is 0 Å². The number of methoxy groups -OCH3 is 2. The van der Waals surface area contributed by atoms with Gasteiger partial charge in [-0.25, -0.2) is 4.98 Å². The average molecular weight is 402 g/mol. The van der Waals surface area contributed by atoms with E-state index in [-0.39, 0.29) is 37.2 Å². The SMILES string of the molecule is COc1cc2nc(CCN)n(CCN(C)C)c2cc1OC.Cl.Cl.Cl. The predicted molar refractivity (Wildman–Crippen MR) is 106 cm³/mol. The van der Waals surface area contributed by atoms with Gasteiger partial charge in [-0.2, -0.15) is 0 Å². The number of imidazole rings is 1. The highest BCUT2D eigenvalue weighted by Gasteiger charge is 2.14. The van der Waals surface area contributed by atoms with Gasteiger partial charge in [0.25, 0.3) is 0 Å². The minimum atomic E-state index is 0. The molecule has 24 heavy (non-hydrogen) atoms. The highest BCUT2D eigenvalue weighted by molar-refractivity contribution is 5.86. The third kappa shape index (κ3) is 5.57. The summed E-state index contributed by atoms with van der Waals surface area (Å²) in [7, 11) is 7.40. The van der Waals surface area contributed by atoms with Gasteiger partial charge < -0.3 is 24.7 Å². The zero-order valence-electron chi connectivity index (χ0n) is 14.4. The molecule has 0 saturated heterocycles. The molecule has 0 unspecified atom stereocenters. The smallest absolute Gasteiger partial charge is 0.163 e. The first kappa shape index (κ1) is 25.3. The van der Waals surface area contributed by atoms with E-state index in [0.29, 0.717) is 12.3 Å². The van der Waals surface area contributed by atoms with Crippen LogP contribution in [-0.2, 0) is 13.0 Å². The van der Waals surface area contributed by atoms with E-state index in [1.54, 1.807) is 14.2 Å². The zero-order chi connectivity index (χ0) is 15.4. The number of ether oxygens (including phenoxy) is 2. The summed E-state index contributed by atoms with van der Waals surface area (Å²) in [6.07, 6.45) is 0.757. The topological polar surface area (TPSA) is 65.5 Å². The maximum atomic E-state index is 5.71. The quantitative estimate of drug-likeness (QED) is 0.771. The summed E-state index contributed by atoms with van der Waals surface area (Å²) >= 11 is 0. The van der Waals surface area contributed by atoms with Gasteiger partial charge >= 0.3 is 0 Å². The summed E-state index contributed by atoms with van der Waals surface area (Å²) in [4.78, 5) is 6.84. The molecular weight excluding hydrogens is 375 g/mol. The Hall–Kier alpha value is -0.920. The van der Waals surface area contributed by atoms with Crippen molar-refractivity contribution in [3.05, 3.63) is 18.0 Å². The molecule has 1 aromatic carbocycles. The Balaban J connectivity index is 0. The second kappa shape index (κ2) is 11.6. The molecule has 0 aliphatic carbocycles. The minimum Gasteiger partial charge on any atom is -0.493 e. The first-order valence-electron chi connectivity index (χ1n) is 7.06. The normalized spacial score (nSPS) is 9.92. The third-order valence-electron chi connectivity index (χ3n) is 3.47. The van der Waals surface area contributed by atoms with Gasteiger partial charge in [0.05, 0.1) is 25.3 Å². The lowest BCUT2D eigenvalue weighted by molar-refractivity contribution is 0.355. The number of nitrogens with zero attached hydrogens (tertiary/aromatic N) is 3. The lowest BCUT2D eigenvalue weighted by Crippen LogP contribution is -2.20. The molecule has 0 spiro atoms. The van der Waals surface area contributed by atoms with Crippen LogP contribution in [0.3, 0.4) is 0 Å². The molecule has 2 N–H and O–H groups in total. The van der Waals surface area contributed by atoms with Crippen LogP contribution >= 0.6 is 37.2 Å². The van der Waals surface area contributed by atoms with E-state index in [4.69, 9.17) is 20.2 Å². The first-order valence-corrected chi connectivity index (χ1v) is 7.06. The van der Waals surface area contributed by atoms with Crippen molar-refractivity contribution >= 4 is 48.3 Å². The second-order valence-electron chi connectivity index (χ2n) is 5.22. The molecule has 0 bridgehead atoms. The lowest BCUT2D eigenvalue weighted by Gasteiger charge is -2.14. The third-order valence-corrected chi connectivity index (χ3v) is 3.47. The molecule has 1 aromatic heterocycles. The van der Waals surface area contributed by atoms with Gasteiger partial charge in [0.1, 0.15) is 5.82 Å². The van der Waals surface area contributed by atoms with Crippen molar-refractivity contribution in [1.82, 2.24) is 14.5 Å². The molecule has 9 heteroatoms. The molecule has 0 amide bonds. The van der Waals surface area contributed by atoms with Crippen molar-refractivity contribution in [2.45, 2.75) is 13.0 Å². The molecule has 0 atom stereocenters. The fraction of sp³-hybridized carbons (Fsp3) is 0.533. The Morgan fingerprint density at radius 2 is 1.67 bits per heavy atom. The van der Waals surface area contributed by atoms with E-state index in [1.165, 1.54) is 0 Å². The van der Waals surface area contributed by atoms with E-state index in [9.17, 15) is 0 Å². The van der Waals surface area contributed by atoms with Crippen molar-refractivity contribution in [1.29, 1.82) is 0 Å². The highest BCUT2D eigenvalue weighted by atomic mass is 35.5. The molecule has 2 rings (SSSR count). The standard InChI is InChI=1S/C15H24N4O2.3ClH/c1-18(2)7-8-19-12-10-14(21-4)13(20-3)9-11(12)17-15(19)5-6-16;;;/h9-10H,5-8,16H2,1-4H3;3*1H. The number of aromatic nitrogens is 2. The number of likely N-dealkylation sites (N-methyl/N-ethyl adjacent to an activating group) is 1. The Bertz CT molecular complexity index is 620. The molecule has 1 heterocycles. The Kier molecular flexibility index (Phi) is 12.2. The summed E-state index contributed by atoms with van der Waals surface area (Å²) in [5, 5.41) is 0. The van der Waals surface area contributed by atoms with Gasteiger partial charge in [-0.05, 0) is 20.6 Å². The van der Waals surface area contributed by atoms with Crippen LogP contribution in [0.5, 0.6) is 11.5 Å². The van der Waals surface area contributed by atoms with Crippen LogP contribution in [-0.4, -0.2) is 55.9 Å². The van der Waals surface area contributed by atoms with Crippen molar-refractivity contribution < 1.29 is 9.47 Å². The molecule has 6 nitrogen and oxygen atoms in total. The maximum absolute atomic E-state index is 5.71. The number of benzene rings is 1. The predicted octanol–water partition coefficient (Wildman–Crippen LogP) is 2.38. The lowest BCUT2D eigenvalue weighted by atomic mass is 10.2. The molecule has 140 valence electrons. The Labute approximate surface area is 161 Å². The Morgan fingerprint density at radius 1 is 1.08 bits per heavy atom. The van der Waals surface area contributed by atoms with Crippen LogP contribution in [0, 0.1) is 0 Å². The van der Waals surface area contributed by atoms with Gasteiger partial charge in [0, 0.05) is 31.6 Å². The fourth-order valence-electron chi connectivity index (χ4n) is 2.37. The summed E-state index contributed by atoms with van der Waals surface area (Å²) in [5.74, 6) is 2.42. The van der Waals surface area contributed by atoms with Crippen LogP contribution < -0.4 is 15.2 Å². The molecular formula is C15H27Cl3N4O2. The average Bonchev–Trinajstić information content (AvgIpc) is 2.80. The van der Waals surface area contributed by atoms with Gasteiger partial charge in [0.2, 0.25) is 0 Å². The highest BCUT2D eigenvalue weighted by Crippen LogP contribution is 2.32. The molecule has 2 aromatic rings. The summed E-state index contributed by atoms with van der Waals surface area (Å²) in [6.45, 7) is 2.39. The molecule has 0 radical (unpaired) electrons. The monoisotopic (exact) mass is 400 g/mol. The number of nitrogens with two attached hydrogens (primary N) is 1. The fourth-order valence-corrected chi connectivity index (χ4v) is 2.37. The number of hydrogen-bond acceptors (Lipinski definition) is 5. The Morgan fingerprint density at radius 3 is 2.17 bits per heavy atom. The maximum Gasteiger partial charge on any atom is 0.163 e. The van der Waals surface area contributed by atoms with Gasteiger partial charge in [-0.3, -0.25) is 0 Å². The van der Waals surface area contributed by atoms with E-state index in [1.807, 2.05) is 12.1 Å². The first-order chi connectivity index (χ1) is 10.1. The van der Waals surface area contributed by atoms with Crippen LogP contribution in [0.2, 0.25) is 0 Å². The van der Waals surface area contributed by atoms with Crippen LogP contribution in [0.25, 0.3) is 11.0 Å². The molecule has 0 aliphatic heterocycles. The van der Waals surface area contributed by atoms with Crippen molar-refractivity contribution in [3.63, 3.8) is 0 Å². The van der Waals surface area contributed by atoms with Crippen LogP contribution in [0.15, 0.2) is 12.1 Å². The number of halogens is 3. The zero-order valence-corrected chi connectivity index (χ0v) is 16.9. The summed E-state index contributed by atoms with van der Waals surface area (Å²) < 4.78 is 12.9. The number of hydrogen-bond donors (Lipinski definition) is 1. The van der Waals surface area contributed by atoms with Gasteiger partial charge in [-0.1, -0.05) is 0 Å². The van der Waals surface area contributed by atoms with E-state index >= 15 is 0 Å². The summed E-state index contributed by atoms with van der Waals surface area (Å²) in [6, 6.07) is 3.90. The molecule has 0 aliphatic rings. The molecule has 0 fully saturated rings. The van der Waals surface area contributed by atoms with Crippen molar-refractivity contribution in [2.75, 3.05) is 41.4 Å². The van der Waals surface area contributed by atoms with Gasteiger partial charge in [-0.15, -0.1) is 37.2 Å². The minimum absolute atomic E-state index is 0. The second-order valence-corrected chi connectivity index (χ2v) is 5.22. The molecule has 0 saturated carbocycles. The largest absolute Gasteiger partial charge is 0.493 e. The van der Waals surface area contributed by atoms with Crippen LogP contribution in [0.1, 0.15) is 5.82 Å². The van der Waals surface area contributed by atoms with Crippen molar-refractivity contribution in [2.24, 2.45) is 5.73 Å².